The van der Waals surface area contributed by atoms with E-state index in [2.05, 4.69) is 33.7 Å². The van der Waals surface area contributed by atoms with Crippen molar-refractivity contribution in [2.24, 2.45) is 4.99 Å². The van der Waals surface area contributed by atoms with Gasteiger partial charge in [0.15, 0.2) is 5.96 Å². The first kappa shape index (κ1) is 20.7. The molecule has 0 atom stereocenters. The molecule has 0 saturated carbocycles. The van der Waals surface area contributed by atoms with Crippen molar-refractivity contribution in [2.45, 2.75) is 19.8 Å². The molecule has 0 saturated heterocycles. The molecule has 0 aromatic carbocycles. The summed E-state index contributed by atoms with van der Waals surface area (Å²) < 4.78 is 5.58. The van der Waals surface area contributed by atoms with Crippen LogP contribution in [0.4, 0.5) is 0 Å². The number of hydrogen-bond acceptors (Lipinski definition) is 3. The largest absolute Gasteiger partial charge is 0.490 e. The van der Waals surface area contributed by atoms with E-state index < -0.39 is 0 Å². The molecule has 0 aliphatic rings. The van der Waals surface area contributed by atoms with Gasteiger partial charge in [0.2, 0.25) is 0 Å². The molecule has 1 aromatic heterocycles. The van der Waals surface area contributed by atoms with Crippen LogP contribution in [0.5, 0.6) is 5.75 Å². The molecule has 6 heteroatoms. The molecule has 0 fully saturated rings. The van der Waals surface area contributed by atoms with Gasteiger partial charge in [0, 0.05) is 26.3 Å². The number of hydrogen-bond donors (Lipinski definition) is 1. The van der Waals surface area contributed by atoms with E-state index in [4.69, 9.17) is 4.74 Å². The van der Waals surface area contributed by atoms with E-state index in [9.17, 15) is 0 Å². The lowest BCUT2D eigenvalue weighted by Gasteiger charge is -2.21. The molecule has 1 N–H and O–H groups in total. The number of guanidine groups is 1. The van der Waals surface area contributed by atoms with Crippen molar-refractivity contribution < 1.29 is 4.74 Å². The lowest BCUT2D eigenvalue weighted by atomic mass is 10.3. The molecule has 0 bridgehead atoms. The SMILES string of the molecule is C=CCCCN(C)C(=NCCOc1cccnc1)NCC.I. The molecular weight excluding hydrogens is 391 g/mol. The van der Waals surface area contributed by atoms with Crippen LogP contribution < -0.4 is 10.1 Å². The standard InChI is InChI=1S/C16H26N4O.HI/c1-4-6-7-12-20(3)16(18-5-2)19-11-13-21-15-9-8-10-17-14-15;/h4,8-10,14H,1,5-7,11-13H2,2-3H3,(H,18,19);1H. The monoisotopic (exact) mass is 418 g/mol. The fraction of sp³-hybridized carbons (Fsp3) is 0.500. The topological polar surface area (TPSA) is 49.8 Å². The third-order valence-electron chi connectivity index (χ3n) is 2.85. The van der Waals surface area contributed by atoms with E-state index >= 15 is 0 Å². The summed E-state index contributed by atoms with van der Waals surface area (Å²) in [7, 11) is 2.05. The summed E-state index contributed by atoms with van der Waals surface area (Å²) in [6.07, 6.45) is 7.48. The highest BCUT2D eigenvalue weighted by atomic mass is 127. The molecular formula is C16H27IN4O. The van der Waals surface area contributed by atoms with Crippen molar-refractivity contribution in [1.29, 1.82) is 0 Å². The number of allylic oxidation sites excluding steroid dienone is 1. The summed E-state index contributed by atoms with van der Waals surface area (Å²) in [5, 5.41) is 3.29. The van der Waals surface area contributed by atoms with Gasteiger partial charge in [-0.2, -0.15) is 0 Å². The number of aliphatic imine (C=N–C) groups is 1. The Morgan fingerprint density at radius 3 is 3.00 bits per heavy atom. The van der Waals surface area contributed by atoms with Gasteiger partial charge in [-0.15, -0.1) is 30.6 Å². The second-order valence-electron chi connectivity index (χ2n) is 4.63. The molecule has 124 valence electrons. The number of pyridine rings is 1. The van der Waals surface area contributed by atoms with E-state index in [1.165, 1.54) is 0 Å². The minimum absolute atomic E-state index is 0. The quantitative estimate of drug-likeness (QED) is 0.220. The number of nitrogens with one attached hydrogen (secondary N) is 1. The molecule has 5 nitrogen and oxygen atoms in total. The van der Waals surface area contributed by atoms with Crippen molar-refractivity contribution in [2.75, 3.05) is 33.3 Å². The van der Waals surface area contributed by atoms with Crippen LogP contribution in [0.2, 0.25) is 0 Å². The zero-order valence-electron chi connectivity index (χ0n) is 13.5. The Morgan fingerprint density at radius 2 is 2.36 bits per heavy atom. The van der Waals surface area contributed by atoms with E-state index in [0.29, 0.717) is 13.2 Å². The lowest BCUT2D eigenvalue weighted by molar-refractivity contribution is 0.326. The molecule has 1 heterocycles. The van der Waals surface area contributed by atoms with Crippen LogP contribution in [-0.4, -0.2) is 49.1 Å². The van der Waals surface area contributed by atoms with Crippen LogP contribution in [0.3, 0.4) is 0 Å². The summed E-state index contributed by atoms with van der Waals surface area (Å²) >= 11 is 0. The molecule has 0 aliphatic heterocycles. The Kier molecular flexibility index (Phi) is 12.6. The number of rotatable bonds is 9. The zero-order valence-corrected chi connectivity index (χ0v) is 15.8. The fourth-order valence-electron chi connectivity index (χ4n) is 1.80. The predicted molar refractivity (Wildman–Crippen MR) is 103 cm³/mol. The highest BCUT2D eigenvalue weighted by Crippen LogP contribution is 2.05. The van der Waals surface area contributed by atoms with E-state index in [1.54, 1.807) is 12.4 Å². The van der Waals surface area contributed by atoms with Gasteiger partial charge in [0.25, 0.3) is 0 Å². The van der Waals surface area contributed by atoms with Crippen LogP contribution in [-0.2, 0) is 0 Å². The van der Waals surface area contributed by atoms with Crippen molar-refractivity contribution in [3.05, 3.63) is 37.2 Å². The molecule has 1 rings (SSSR count). The first-order valence-electron chi connectivity index (χ1n) is 7.41. The lowest BCUT2D eigenvalue weighted by Crippen LogP contribution is -2.39. The van der Waals surface area contributed by atoms with Gasteiger partial charge in [-0.1, -0.05) is 6.08 Å². The molecule has 22 heavy (non-hydrogen) atoms. The Bertz CT molecular complexity index is 425. The summed E-state index contributed by atoms with van der Waals surface area (Å²) in [6.45, 7) is 8.78. The van der Waals surface area contributed by atoms with Crippen LogP contribution >= 0.6 is 24.0 Å². The van der Waals surface area contributed by atoms with Gasteiger partial charge in [-0.25, -0.2) is 4.99 Å². The van der Waals surface area contributed by atoms with Crippen LogP contribution in [0.1, 0.15) is 19.8 Å². The fourth-order valence-corrected chi connectivity index (χ4v) is 1.80. The summed E-state index contributed by atoms with van der Waals surface area (Å²) in [6, 6.07) is 3.75. The first-order valence-corrected chi connectivity index (χ1v) is 7.41. The number of unbranched alkanes of at least 4 members (excludes halogenated alkanes) is 1. The third kappa shape index (κ3) is 8.86. The molecule has 0 amide bonds. The molecule has 0 aliphatic carbocycles. The van der Waals surface area contributed by atoms with Crippen LogP contribution in [0.15, 0.2) is 42.2 Å². The summed E-state index contributed by atoms with van der Waals surface area (Å²) in [5.74, 6) is 1.69. The predicted octanol–water partition coefficient (Wildman–Crippen LogP) is 2.94. The van der Waals surface area contributed by atoms with Crippen molar-refractivity contribution in [3.8, 4) is 5.75 Å². The Morgan fingerprint density at radius 1 is 1.55 bits per heavy atom. The molecule has 0 radical (unpaired) electrons. The average molecular weight is 418 g/mol. The second-order valence-corrected chi connectivity index (χ2v) is 4.63. The van der Waals surface area contributed by atoms with Gasteiger partial charge in [-0.05, 0) is 31.9 Å². The molecule has 1 aromatic rings. The highest BCUT2D eigenvalue weighted by molar-refractivity contribution is 14.0. The molecule has 0 spiro atoms. The Balaban J connectivity index is 0.00000441. The Hall–Kier alpha value is -1.31. The van der Waals surface area contributed by atoms with Gasteiger partial charge in [-0.3, -0.25) is 4.98 Å². The maximum atomic E-state index is 5.58. The number of nitrogens with zero attached hydrogens (tertiary/aromatic N) is 3. The van der Waals surface area contributed by atoms with Gasteiger partial charge < -0.3 is 15.0 Å². The Labute approximate surface area is 150 Å². The molecule has 0 unspecified atom stereocenters. The maximum Gasteiger partial charge on any atom is 0.193 e. The number of ether oxygens (including phenoxy) is 1. The minimum Gasteiger partial charge on any atom is -0.490 e. The van der Waals surface area contributed by atoms with E-state index in [0.717, 1.165) is 37.6 Å². The number of halogens is 1. The van der Waals surface area contributed by atoms with Crippen LogP contribution in [0, 0.1) is 0 Å². The summed E-state index contributed by atoms with van der Waals surface area (Å²) in [4.78, 5) is 10.7. The second kappa shape index (κ2) is 13.4. The third-order valence-corrected chi connectivity index (χ3v) is 2.85. The average Bonchev–Trinajstić information content (AvgIpc) is 2.51. The van der Waals surface area contributed by atoms with E-state index in [-0.39, 0.29) is 24.0 Å². The van der Waals surface area contributed by atoms with Gasteiger partial charge >= 0.3 is 0 Å². The van der Waals surface area contributed by atoms with Crippen molar-refractivity contribution in [1.82, 2.24) is 15.2 Å². The summed E-state index contributed by atoms with van der Waals surface area (Å²) in [5.41, 5.74) is 0. The highest BCUT2D eigenvalue weighted by Gasteiger charge is 2.04. The van der Waals surface area contributed by atoms with Crippen LogP contribution in [0.25, 0.3) is 0 Å². The van der Waals surface area contributed by atoms with Crippen molar-refractivity contribution in [3.63, 3.8) is 0 Å². The van der Waals surface area contributed by atoms with Crippen molar-refractivity contribution >= 4 is 29.9 Å². The van der Waals surface area contributed by atoms with Gasteiger partial charge in [0.1, 0.15) is 12.4 Å². The normalized spacial score (nSPS) is 10.5. The van der Waals surface area contributed by atoms with E-state index in [1.807, 2.05) is 25.3 Å². The first-order chi connectivity index (χ1) is 10.3. The smallest absolute Gasteiger partial charge is 0.193 e. The number of aromatic nitrogens is 1. The maximum absolute atomic E-state index is 5.58. The van der Waals surface area contributed by atoms with Gasteiger partial charge in [0.05, 0.1) is 12.7 Å². The zero-order chi connectivity index (χ0) is 15.3. The minimum atomic E-state index is 0.